The van der Waals surface area contributed by atoms with Crippen molar-refractivity contribution in [1.29, 1.82) is 0 Å². The van der Waals surface area contributed by atoms with Crippen molar-refractivity contribution >= 4 is 63.7 Å². The Morgan fingerprint density at radius 1 is 0.762 bits per heavy atom. The van der Waals surface area contributed by atoms with E-state index in [0.29, 0.717) is 31.5 Å². The number of rotatable bonds is 1. The molecule has 0 spiro atoms. The Labute approximate surface area is 142 Å². The molecule has 0 amide bonds. The number of benzene rings is 2. The number of aliphatic imine (C=N–C) groups is 1. The van der Waals surface area contributed by atoms with Crippen molar-refractivity contribution in [1.82, 2.24) is 0 Å². The topological polar surface area (TPSA) is 90.4 Å². The molecule has 6 N–H and O–H groups in total. The summed E-state index contributed by atoms with van der Waals surface area (Å²) in [5.41, 5.74) is 16.6. The number of nitrogens with two attached hydrogens (primary N) is 3. The highest BCUT2D eigenvalue weighted by molar-refractivity contribution is 6.39. The first-order valence-corrected chi connectivity index (χ1v) is 7.07. The second-order valence-corrected chi connectivity index (χ2v) is 5.37. The van der Waals surface area contributed by atoms with Crippen LogP contribution in [-0.4, -0.2) is 5.96 Å². The van der Waals surface area contributed by atoms with Gasteiger partial charge in [-0.2, -0.15) is 0 Å². The molecule has 0 bridgehead atoms. The minimum atomic E-state index is -0.0648. The van der Waals surface area contributed by atoms with E-state index in [0.717, 1.165) is 0 Å². The molecule has 2 aromatic rings. The molecule has 2 aromatic carbocycles. The molecular formula is C13H12Cl4N4. The van der Waals surface area contributed by atoms with E-state index in [-0.39, 0.29) is 5.96 Å². The smallest absolute Gasteiger partial charge is 0.191 e. The largest absolute Gasteiger partial charge is 0.396 e. The zero-order valence-corrected chi connectivity index (χ0v) is 13.7. The average Bonchev–Trinajstić information content (AvgIpc) is 2.41. The summed E-state index contributed by atoms with van der Waals surface area (Å²) in [6.45, 7) is 0. The lowest BCUT2D eigenvalue weighted by Crippen LogP contribution is -2.21. The summed E-state index contributed by atoms with van der Waals surface area (Å²) in [6.07, 6.45) is 0. The molecular weight excluding hydrogens is 354 g/mol. The SMILES string of the molecule is NC(N)=Nc1c(Cl)cccc1Cl.Nc1c(Cl)cccc1Cl. The zero-order valence-electron chi connectivity index (χ0n) is 10.7. The Morgan fingerprint density at radius 2 is 1.14 bits per heavy atom. The Bertz CT molecular complexity index is 614. The third kappa shape index (κ3) is 5.52. The molecule has 0 aliphatic carbocycles. The van der Waals surface area contributed by atoms with Crippen LogP contribution in [0, 0.1) is 0 Å². The van der Waals surface area contributed by atoms with Crippen molar-refractivity contribution < 1.29 is 0 Å². The van der Waals surface area contributed by atoms with Crippen LogP contribution in [-0.2, 0) is 0 Å². The number of hydrogen-bond acceptors (Lipinski definition) is 2. The van der Waals surface area contributed by atoms with Crippen LogP contribution in [0.3, 0.4) is 0 Å². The van der Waals surface area contributed by atoms with Crippen LogP contribution < -0.4 is 17.2 Å². The predicted octanol–water partition coefficient (Wildman–Crippen LogP) is 4.47. The Hall–Kier alpha value is -1.33. The van der Waals surface area contributed by atoms with Crippen LogP contribution in [0.15, 0.2) is 41.4 Å². The van der Waals surface area contributed by atoms with Gasteiger partial charge in [0.05, 0.1) is 25.8 Å². The van der Waals surface area contributed by atoms with Crippen molar-refractivity contribution in [2.75, 3.05) is 5.73 Å². The molecule has 8 heteroatoms. The highest BCUT2D eigenvalue weighted by atomic mass is 35.5. The molecule has 0 radical (unpaired) electrons. The third-order valence-corrected chi connectivity index (χ3v) is 3.45. The van der Waals surface area contributed by atoms with Crippen LogP contribution >= 0.6 is 46.4 Å². The molecule has 0 saturated heterocycles. The monoisotopic (exact) mass is 364 g/mol. The first-order chi connectivity index (χ1) is 9.82. The number of nitrogen functional groups attached to an aromatic ring is 1. The Kier molecular flexibility index (Phi) is 6.92. The number of anilines is 1. The minimum Gasteiger partial charge on any atom is -0.396 e. The second-order valence-electron chi connectivity index (χ2n) is 3.74. The average molecular weight is 366 g/mol. The van der Waals surface area contributed by atoms with Gasteiger partial charge in [0.15, 0.2) is 5.96 Å². The predicted molar refractivity (Wildman–Crippen MR) is 92.8 cm³/mol. The normalized spacial score (nSPS) is 9.52. The summed E-state index contributed by atoms with van der Waals surface area (Å²) in [5.74, 6) is -0.0648. The maximum Gasteiger partial charge on any atom is 0.191 e. The number of hydrogen-bond donors (Lipinski definition) is 3. The summed E-state index contributed by atoms with van der Waals surface area (Å²) in [7, 11) is 0. The fourth-order valence-corrected chi connectivity index (χ4v) is 2.12. The van der Waals surface area contributed by atoms with Crippen LogP contribution in [0.4, 0.5) is 11.4 Å². The maximum absolute atomic E-state index is 5.77. The van der Waals surface area contributed by atoms with Gasteiger partial charge >= 0.3 is 0 Å². The van der Waals surface area contributed by atoms with Gasteiger partial charge in [-0.1, -0.05) is 58.5 Å². The minimum absolute atomic E-state index is 0.0648. The summed E-state index contributed by atoms with van der Waals surface area (Å²) < 4.78 is 0. The van der Waals surface area contributed by atoms with Crippen molar-refractivity contribution in [3.8, 4) is 0 Å². The van der Waals surface area contributed by atoms with Gasteiger partial charge in [-0.05, 0) is 24.3 Å². The Balaban J connectivity index is 0.000000219. The van der Waals surface area contributed by atoms with E-state index in [1.54, 1.807) is 36.4 Å². The van der Waals surface area contributed by atoms with Crippen molar-refractivity contribution in [2.45, 2.75) is 0 Å². The van der Waals surface area contributed by atoms with Gasteiger partial charge in [0.25, 0.3) is 0 Å². The number of nitrogens with zero attached hydrogens (tertiary/aromatic N) is 1. The molecule has 0 aromatic heterocycles. The van der Waals surface area contributed by atoms with Gasteiger partial charge < -0.3 is 17.2 Å². The van der Waals surface area contributed by atoms with Gasteiger partial charge in [-0.15, -0.1) is 0 Å². The first kappa shape index (κ1) is 17.7. The fourth-order valence-electron chi connectivity index (χ4n) is 1.24. The molecule has 0 saturated carbocycles. The van der Waals surface area contributed by atoms with Gasteiger partial charge in [0, 0.05) is 0 Å². The van der Waals surface area contributed by atoms with Crippen molar-refractivity contribution in [2.24, 2.45) is 16.5 Å². The molecule has 0 heterocycles. The highest BCUT2D eigenvalue weighted by Gasteiger charge is 2.02. The van der Waals surface area contributed by atoms with E-state index in [2.05, 4.69) is 4.99 Å². The lowest BCUT2D eigenvalue weighted by Gasteiger charge is -2.00. The van der Waals surface area contributed by atoms with Crippen LogP contribution in [0.25, 0.3) is 0 Å². The van der Waals surface area contributed by atoms with Crippen molar-refractivity contribution in [3.63, 3.8) is 0 Å². The standard InChI is InChI=1S/C7H7Cl2N3.C6H5Cl2N/c8-4-2-1-3-5(9)6(4)12-7(10)11;7-4-2-1-3-5(8)6(4)9/h1-3H,(H4,10,11,12);1-3H,9H2. The number of halogens is 4. The third-order valence-electron chi connectivity index (χ3n) is 2.18. The van der Waals surface area contributed by atoms with E-state index >= 15 is 0 Å². The summed E-state index contributed by atoms with van der Waals surface area (Å²) in [6, 6.07) is 10.2. The molecule has 4 nitrogen and oxygen atoms in total. The maximum atomic E-state index is 5.77. The lowest BCUT2D eigenvalue weighted by molar-refractivity contribution is 1.42. The van der Waals surface area contributed by atoms with Gasteiger partial charge in [0.2, 0.25) is 0 Å². The van der Waals surface area contributed by atoms with Gasteiger partial charge in [-0.3, -0.25) is 0 Å². The second kappa shape index (κ2) is 8.20. The van der Waals surface area contributed by atoms with Crippen LogP contribution in [0.5, 0.6) is 0 Å². The van der Waals surface area contributed by atoms with E-state index in [1.807, 2.05) is 0 Å². The molecule has 0 aliphatic rings. The number of para-hydroxylation sites is 2. The summed E-state index contributed by atoms with van der Waals surface area (Å²) >= 11 is 22.8. The van der Waals surface area contributed by atoms with E-state index < -0.39 is 0 Å². The summed E-state index contributed by atoms with van der Waals surface area (Å²) in [5, 5.41) is 1.86. The summed E-state index contributed by atoms with van der Waals surface area (Å²) in [4.78, 5) is 3.77. The van der Waals surface area contributed by atoms with Gasteiger partial charge in [0.1, 0.15) is 5.69 Å². The van der Waals surface area contributed by atoms with Gasteiger partial charge in [-0.25, -0.2) is 4.99 Å². The first-order valence-electron chi connectivity index (χ1n) is 5.56. The quantitative estimate of drug-likeness (QED) is 0.395. The van der Waals surface area contributed by atoms with E-state index in [1.165, 1.54) is 0 Å². The molecule has 21 heavy (non-hydrogen) atoms. The molecule has 0 aliphatic heterocycles. The molecule has 0 unspecified atom stereocenters. The Morgan fingerprint density at radius 3 is 1.48 bits per heavy atom. The fraction of sp³-hybridized carbons (Fsp3) is 0. The van der Waals surface area contributed by atoms with E-state index in [9.17, 15) is 0 Å². The van der Waals surface area contributed by atoms with E-state index in [4.69, 9.17) is 63.6 Å². The van der Waals surface area contributed by atoms with Crippen LogP contribution in [0.1, 0.15) is 0 Å². The zero-order chi connectivity index (χ0) is 16.0. The molecule has 0 fully saturated rings. The molecule has 112 valence electrons. The van der Waals surface area contributed by atoms with Crippen molar-refractivity contribution in [3.05, 3.63) is 56.5 Å². The molecule has 2 rings (SSSR count). The lowest BCUT2D eigenvalue weighted by atomic mass is 10.3. The molecule has 0 atom stereocenters. The van der Waals surface area contributed by atoms with Crippen LogP contribution in [0.2, 0.25) is 20.1 Å². The number of guanidine groups is 1. The highest BCUT2D eigenvalue weighted by Crippen LogP contribution is 2.32.